The highest BCUT2D eigenvalue weighted by Gasteiger charge is 2.11. The van der Waals surface area contributed by atoms with E-state index in [0.29, 0.717) is 11.4 Å². The molecule has 1 rings (SSSR count). The predicted octanol–water partition coefficient (Wildman–Crippen LogP) is 3.20. The van der Waals surface area contributed by atoms with Gasteiger partial charge in [-0.25, -0.2) is 0 Å². The van der Waals surface area contributed by atoms with E-state index in [0.717, 1.165) is 0 Å². The number of benzene rings is 1. The second-order valence-corrected chi connectivity index (χ2v) is 4.44. The van der Waals surface area contributed by atoms with Crippen LogP contribution in [0.2, 0.25) is 0 Å². The molecule has 0 atom stereocenters. The summed E-state index contributed by atoms with van der Waals surface area (Å²) in [5.74, 6) is 0.511. The van der Waals surface area contributed by atoms with Crippen molar-refractivity contribution in [2.24, 2.45) is 0 Å². The molecule has 17 heavy (non-hydrogen) atoms. The van der Waals surface area contributed by atoms with Crippen molar-refractivity contribution in [3.63, 3.8) is 0 Å². The summed E-state index contributed by atoms with van der Waals surface area (Å²) < 4.78 is 5.48. The van der Waals surface area contributed by atoms with Crippen molar-refractivity contribution < 1.29 is 9.66 Å². The number of nitro groups is 1. The third-order valence-corrected chi connectivity index (χ3v) is 1.93. The van der Waals surface area contributed by atoms with E-state index < -0.39 is 4.92 Å². The first kappa shape index (κ1) is 13.3. The van der Waals surface area contributed by atoms with Crippen molar-refractivity contribution in [2.75, 3.05) is 5.32 Å². The van der Waals surface area contributed by atoms with Crippen LogP contribution in [-0.4, -0.2) is 17.1 Å². The molecule has 0 bridgehead atoms. The second kappa shape index (κ2) is 5.52. The van der Waals surface area contributed by atoms with Gasteiger partial charge in [-0.05, 0) is 27.7 Å². The van der Waals surface area contributed by atoms with Crippen LogP contribution >= 0.6 is 0 Å². The fraction of sp³-hybridized carbons (Fsp3) is 0.500. The molecule has 0 aliphatic rings. The fourth-order valence-corrected chi connectivity index (χ4v) is 1.45. The minimum atomic E-state index is -0.418. The molecule has 1 aromatic carbocycles. The number of rotatable bonds is 5. The van der Waals surface area contributed by atoms with E-state index in [9.17, 15) is 10.1 Å². The smallest absolute Gasteiger partial charge is 0.275 e. The first-order valence-corrected chi connectivity index (χ1v) is 5.61. The van der Waals surface area contributed by atoms with Gasteiger partial charge in [-0.3, -0.25) is 10.1 Å². The van der Waals surface area contributed by atoms with Gasteiger partial charge in [0.2, 0.25) is 0 Å². The zero-order valence-corrected chi connectivity index (χ0v) is 10.6. The Bertz CT molecular complexity index is 374. The summed E-state index contributed by atoms with van der Waals surface area (Å²) in [6.07, 6.45) is -0.0103. The molecule has 0 amide bonds. The van der Waals surface area contributed by atoms with E-state index >= 15 is 0 Å². The highest BCUT2D eigenvalue weighted by atomic mass is 16.6. The molecule has 5 heteroatoms. The Balaban J connectivity index is 3.04. The second-order valence-electron chi connectivity index (χ2n) is 4.44. The number of nitrogens with zero attached hydrogens (tertiary/aromatic N) is 1. The van der Waals surface area contributed by atoms with Crippen LogP contribution < -0.4 is 10.1 Å². The molecule has 0 saturated carbocycles. The van der Waals surface area contributed by atoms with Crippen molar-refractivity contribution in [1.82, 2.24) is 0 Å². The summed E-state index contributed by atoms with van der Waals surface area (Å²) >= 11 is 0. The molecular formula is C12H18N2O3. The van der Waals surface area contributed by atoms with E-state index in [4.69, 9.17) is 4.74 Å². The maximum Gasteiger partial charge on any atom is 0.275 e. The Morgan fingerprint density at radius 1 is 1.24 bits per heavy atom. The Morgan fingerprint density at radius 3 is 2.35 bits per heavy atom. The molecule has 0 radical (unpaired) electrons. The van der Waals surface area contributed by atoms with Gasteiger partial charge in [-0.1, -0.05) is 0 Å². The molecule has 0 aliphatic heterocycles. The highest BCUT2D eigenvalue weighted by molar-refractivity contribution is 5.56. The van der Waals surface area contributed by atoms with Crippen molar-refractivity contribution in [3.8, 4) is 5.75 Å². The van der Waals surface area contributed by atoms with Gasteiger partial charge in [0.15, 0.2) is 0 Å². The summed E-state index contributed by atoms with van der Waals surface area (Å²) in [6, 6.07) is 4.93. The average molecular weight is 238 g/mol. The number of hydrogen-bond acceptors (Lipinski definition) is 4. The number of non-ortho nitro benzene ring substituents is 1. The van der Waals surface area contributed by atoms with Gasteiger partial charge >= 0.3 is 0 Å². The van der Waals surface area contributed by atoms with Crippen LogP contribution in [0.1, 0.15) is 27.7 Å². The lowest BCUT2D eigenvalue weighted by Crippen LogP contribution is -2.11. The van der Waals surface area contributed by atoms with Gasteiger partial charge in [0.05, 0.1) is 17.1 Å². The van der Waals surface area contributed by atoms with Crippen LogP contribution in [-0.2, 0) is 0 Å². The summed E-state index contributed by atoms with van der Waals surface area (Å²) in [5.41, 5.74) is 0.733. The Hall–Kier alpha value is -1.78. The number of anilines is 1. The molecule has 94 valence electrons. The Morgan fingerprint density at radius 2 is 1.88 bits per heavy atom. The normalized spacial score (nSPS) is 10.7. The van der Waals surface area contributed by atoms with E-state index in [1.54, 1.807) is 6.07 Å². The third-order valence-electron chi connectivity index (χ3n) is 1.93. The molecule has 0 unspecified atom stereocenters. The molecule has 0 aromatic heterocycles. The molecule has 5 nitrogen and oxygen atoms in total. The number of ether oxygens (including phenoxy) is 1. The van der Waals surface area contributed by atoms with Crippen molar-refractivity contribution in [3.05, 3.63) is 28.3 Å². The lowest BCUT2D eigenvalue weighted by molar-refractivity contribution is -0.384. The van der Waals surface area contributed by atoms with E-state index in [1.165, 1.54) is 12.1 Å². The largest absolute Gasteiger partial charge is 0.491 e. The van der Waals surface area contributed by atoms with Gasteiger partial charge < -0.3 is 10.1 Å². The van der Waals surface area contributed by atoms with Gasteiger partial charge in [-0.2, -0.15) is 0 Å². The molecule has 0 fully saturated rings. The van der Waals surface area contributed by atoms with E-state index in [2.05, 4.69) is 5.32 Å². The zero-order chi connectivity index (χ0) is 13.0. The maximum atomic E-state index is 10.8. The molecule has 0 heterocycles. The van der Waals surface area contributed by atoms with Crippen LogP contribution in [0, 0.1) is 10.1 Å². The maximum absolute atomic E-state index is 10.8. The average Bonchev–Trinajstić information content (AvgIpc) is 2.14. The van der Waals surface area contributed by atoms with Crippen LogP contribution in [0.15, 0.2) is 18.2 Å². The Kier molecular flexibility index (Phi) is 4.31. The lowest BCUT2D eigenvalue weighted by atomic mass is 10.2. The van der Waals surface area contributed by atoms with Gasteiger partial charge in [0.1, 0.15) is 5.75 Å². The van der Waals surface area contributed by atoms with Gasteiger partial charge in [-0.15, -0.1) is 0 Å². The van der Waals surface area contributed by atoms with Crippen LogP contribution in [0.4, 0.5) is 11.4 Å². The number of nitro benzene ring substituents is 1. The fourth-order valence-electron chi connectivity index (χ4n) is 1.45. The molecule has 1 aromatic rings. The third kappa shape index (κ3) is 4.30. The number of hydrogen-bond donors (Lipinski definition) is 1. The van der Waals surface area contributed by atoms with Crippen molar-refractivity contribution in [1.29, 1.82) is 0 Å². The van der Waals surface area contributed by atoms with Gasteiger partial charge in [0, 0.05) is 23.9 Å². The number of nitrogens with one attached hydrogen (secondary N) is 1. The predicted molar refractivity (Wildman–Crippen MR) is 67.6 cm³/mol. The molecule has 1 N–H and O–H groups in total. The van der Waals surface area contributed by atoms with E-state index in [1.807, 2.05) is 27.7 Å². The summed E-state index contributed by atoms with van der Waals surface area (Å²) in [6.45, 7) is 7.71. The van der Waals surface area contributed by atoms with Crippen LogP contribution in [0.3, 0.4) is 0 Å². The Labute approximate surface area is 101 Å². The highest BCUT2D eigenvalue weighted by Crippen LogP contribution is 2.27. The first-order valence-electron chi connectivity index (χ1n) is 5.61. The monoisotopic (exact) mass is 238 g/mol. The topological polar surface area (TPSA) is 64.4 Å². The first-order chi connectivity index (χ1) is 7.88. The van der Waals surface area contributed by atoms with Gasteiger partial charge in [0.25, 0.3) is 5.69 Å². The summed E-state index contributed by atoms with van der Waals surface area (Å²) in [4.78, 5) is 10.4. The molecule has 0 saturated heterocycles. The van der Waals surface area contributed by atoms with Crippen molar-refractivity contribution in [2.45, 2.75) is 39.8 Å². The van der Waals surface area contributed by atoms with E-state index in [-0.39, 0.29) is 17.8 Å². The summed E-state index contributed by atoms with van der Waals surface area (Å²) in [7, 11) is 0. The quantitative estimate of drug-likeness (QED) is 0.632. The SMILES string of the molecule is CC(C)Nc1cc(OC(C)C)cc([N+](=O)[O-])c1. The minimum absolute atomic E-state index is 0.0103. The molecular weight excluding hydrogens is 220 g/mol. The molecule has 0 aliphatic carbocycles. The zero-order valence-electron chi connectivity index (χ0n) is 10.6. The van der Waals surface area contributed by atoms with Crippen LogP contribution in [0.5, 0.6) is 5.75 Å². The standard InChI is InChI=1S/C12H18N2O3/c1-8(2)13-10-5-11(14(15)16)7-12(6-10)17-9(3)4/h5-9,13H,1-4H3. The van der Waals surface area contributed by atoms with Crippen LogP contribution in [0.25, 0.3) is 0 Å². The lowest BCUT2D eigenvalue weighted by Gasteiger charge is -2.13. The van der Waals surface area contributed by atoms with Crippen molar-refractivity contribution >= 4 is 11.4 Å². The molecule has 0 spiro atoms. The minimum Gasteiger partial charge on any atom is -0.491 e. The summed E-state index contributed by atoms with van der Waals surface area (Å²) in [5, 5.41) is 13.9.